The van der Waals surface area contributed by atoms with Crippen LogP contribution in [0.4, 0.5) is 0 Å². The van der Waals surface area contributed by atoms with Crippen molar-refractivity contribution in [1.29, 1.82) is 0 Å². The molecule has 5 rings (SSSR count). The number of unbranched alkanes of at least 4 members (excludes halogenated alkanes) is 36. The lowest BCUT2D eigenvalue weighted by atomic mass is 10.0. The van der Waals surface area contributed by atoms with Gasteiger partial charge < -0.3 is 42.6 Å². The maximum atomic E-state index is 13.4. The highest BCUT2D eigenvalue weighted by Gasteiger charge is 2.54. The van der Waals surface area contributed by atoms with E-state index in [0.29, 0.717) is 12.8 Å². The molecule has 0 unspecified atom stereocenters. The van der Waals surface area contributed by atoms with E-state index in [1.807, 2.05) is 91.0 Å². The van der Waals surface area contributed by atoms with Gasteiger partial charge in [0.2, 0.25) is 0 Å². The first-order chi connectivity index (χ1) is 43.0. The van der Waals surface area contributed by atoms with E-state index >= 15 is 0 Å². The SMILES string of the molecule is CCCCCCCCCCCCCCCCCCCCCC(=O)OC[C@H]1O[C@@H](O[C@@H]2[C@@H](OC)O[C@H](COC(=O)CCCCCCCCCCCCCCCCCCCCC)[C@H]2OCc2ccccc2)[C@@H](OCc2ccccc2)[C@@H]1OCc1ccccc1. The highest BCUT2D eigenvalue weighted by molar-refractivity contribution is 5.69. The number of carbonyl (C=O) groups is 2. The molecule has 11 nitrogen and oxygen atoms in total. The molecule has 8 atom stereocenters. The van der Waals surface area contributed by atoms with Gasteiger partial charge >= 0.3 is 11.9 Å². The van der Waals surface area contributed by atoms with E-state index in [0.717, 1.165) is 55.2 Å². The zero-order valence-electron chi connectivity index (χ0n) is 55.1. The smallest absolute Gasteiger partial charge is 0.305 e. The highest BCUT2D eigenvalue weighted by Crippen LogP contribution is 2.36. The molecule has 0 bridgehead atoms. The standard InChI is InChI=1S/C76H122O11/c1-4-6-8-10-12-14-16-18-20-22-24-26-28-30-32-34-36-38-49-57-69(77)80-62-67-71(82-59-64-51-43-40-44-52-64)73(84-61-66-55-47-42-48-56-66)76(86-67)87-74-72(83-60-65-53-45-41-46-54-65)68(85-75(74)79-3)63-81-70(78)58-50-39-37-35-33-31-29-27-25-23-21-19-17-15-13-11-9-7-5-2/h40-48,51-56,67-68,71-76H,4-39,49-50,57-63H2,1-3H3/t67-,68-,71-,72-,73+,74+,75+,76+/m1/s1. The van der Waals surface area contributed by atoms with Crippen molar-refractivity contribution in [3.63, 3.8) is 0 Å². The first-order valence-electron chi connectivity index (χ1n) is 35.8. The van der Waals surface area contributed by atoms with Gasteiger partial charge in [0, 0.05) is 20.0 Å². The quantitative estimate of drug-likeness (QED) is 0.0397. The second-order valence-electron chi connectivity index (χ2n) is 25.3. The molecule has 2 aliphatic heterocycles. The van der Waals surface area contributed by atoms with Gasteiger partial charge in [-0.15, -0.1) is 0 Å². The van der Waals surface area contributed by atoms with Crippen molar-refractivity contribution in [2.75, 3.05) is 20.3 Å². The maximum Gasteiger partial charge on any atom is 0.305 e. The van der Waals surface area contributed by atoms with Gasteiger partial charge in [0.15, 0.2) is 12.6 Å². The van der Waals surface area contributed by atoms with Crippen LogP contribution in [0.5, 0.6) is 0 Å². The Labute approximate surface area is 529 Å². The van der Waals surface area contributed by atoms with Crippen molar-refractivity contribution in [2.45, 2.75) is 340 Å². The first kappa shape index (κ1) is 74.1. The largest absolute Gasteiger partial charge is 0.463 e. The van der Waals surface area contributed by atoms with Crippen LogP contribution in [-0.2, 0) is 72.0 Å². The van der Waals surface area contributed by atoms with E-state index < -0.39 is 49.2 Å². The second-order valence-corrected chi connectivity index (χ2v) is 25.3. The minimum atomic E-state index is -1.01. The first-order valence-corrected chi connectivity index (χ1v) is 35.8. The molecule has 0 N–H and O–H groups in total. The van der Waals surface area contributed by atoms with Crippen molar-refractivity contribution in [3.05, 3.63) is 108 Å². The minimum Gasteiger partial charge on any atom is -0.463 e. The predicted molar refractivity (Wildman–Crippen MR) is 352 cm³/mol. The fraction of sp³-hybridized carbons (Fsp3) is 0.737. The number of rotatable bonds is 56. The summed E-state index contributed by atoms with van der Waals surface area (Å²) >= 11 is 0. The Bertz CT molecular complexity index is 2060. The van der Waals surface area contributed by atoms with Crippen LogP contribution in [0, 0.1) is 0 Å². The van der Waals surface area contributed by atoms with E-state index in [1.54, 1.807) is 7.11 Å². The molecule has 0 aliphatic carbocycles. The molecule has 0 amide bonds. The van der Waals surface area contributed by atoms with E-state index in [1.165, 1.54) is 205 Å². The molecule has 492 valence electrons. The highest BCUT2D eigenvalue weighted by atomic mass is 16.8. The van der Waals surface area contributed by atoms with Crippen LogP contribution in [0.3, 0.4) is 0 Å². The molecule has 0 aromatic heterocycles. The average Bonchev–Trinajstić information content (AvgIpc) is 2.00. The van der Waals surface area contributed by atoms with Gasteiger partial charge in [0.05, 0.1) is 19.8 Å². The fourth-order valence-corrected chi connectivity index (χ4v) is 12.3. The zero-order valence-corrected chi connectivity index (χ0v) is 55.1. The van der Waals surface area contributed by atoms with E-state index in [4.69, 9.17) is 42.6 Å². The van der Waals surface area contributed by atoms with Crippen LogP contribution < -0.4 is 0 Å². The van der Waals surface area contributed by atoms with Gasteiger partial charge in [-0.25, -0.2) is 0 Å². The monoisotopic (exact) mass is 1210 g/mol. The zero-order chi connectivity index (χ0) is 61.3. The summed E-state index contributed by atoms with van der Waals surface area (Å²) < 4.78 is 58.4. The molecule has 3 aromatic carbocycles. The molecular weight excluding hydrogens is 1090 g/mol. The third-order valence-corrected chi connectivity index (χ3v) is 17.7. The summed E-state index contributed by atoms with van der Waals surface area (Å²) in [4.78, 5) is 26.7. The Morgan fingerprint density at radius 2 is 0.598 bits per heavy atom. The summed E-state index contributed by atoms with van der Waals surface area (Å²) in [6, 6.07) is 29.9. The normalized spacial score (nSPS) is 20.1. The number of esters is 2. The number of hydrogen-bond donors (Lipinski definition) is 0. The molecule has 2 aliphatic rings. The van der Waals surface area contributed by atoms with Crippen LogP contribution in [-0.4, -0.2) is 81.5 Å². The van der Waals surface area contributed by atoms with Crippen molar-refractivity contribution in [2.24, 2.45) is 0 Å². The Morgan fingerprint density at radius 3 is 0.897 bits per heavy atom. The molecule has 2 fully saturated rings. The number of hydrogen-bond acceptors (Lipinski definition) is 11. The Balaban J connectivity index is 1.08. The van der Waals surface area contributed by atoms with Crippen molar-refractivity contribution >= 4 is 11.9 Å². The molecular formula is C76H122O11. The Kier molecular flexibility index (Phi) is 42.6. The van der Waals surface area contributed by atoms with E-state index in [2.05, 4.69) is 13.8 Å². The third kappa shape index (κ3) is 33.8. The Morgan fingerprint density at radius 1 is 0.333 bits per heavy atom. The fourth-order valence-electron chi connectivity index (χ4n) is 12.3. The lowest BCUT2D eigenvalue weighted by Crippen LogP contribution is -2.45. The third-order valence-electron chi connectivity index (χ3n) is 17.7. The van der Waals surface area contributed by atoms with Crippen LogP contribution >= 0.6 is 0 Å². The molecule has 3 aromatic rings. The molecule has 0 radical (unpaired) electrons. The predicted octanol–water partition coefficient (Wildman–Crippen LogP) is 20.0. The van der Waals surface area contributed by atoms with Gasteiger partial charge in [-0.1, -0.05) is 336 Å². The van der Waals surface area contributed by atoms with Crippen molar-refractivity contribution in [3.8, 4) is 0 Å². The molecule has 0 saturated carbocycles. The summed E-state index contributed by atoms with van der Waals surface area (Å²) in [5, 5.41) is 0. The van der Waals surface area contributed by atoms with Gasteiger partial charge in [-0.2, -0.15) is 0 Å². The molecule has 2 heterocycles. The number of methoxy groups -OCH3 is 1. The van der Waals surface area contributed by atoms with E-state index in [9.17, 15) is 9.59 Å². The maximum absolute atomic E-state index is 13.4. The van der Waals surface area contributed by atoms with Gasteiger partial charge in [-0.05, 0) is 29.5 Å². The van der Waals surface area contributed by atoms with Crippen LogP contribution in [0.25, 0.3) is 0 Å². The average molecular weight is 1210 g/mol. The van der Waals surface area contributed by atoms with Gasteiger partial charge in [0.1, 0.15) is 49.8 Å². The molecule has 87 heavy (non-hydrogen) atoms. The van der Waals surface area contributed by atoms with Gasteiger partial charge in [0.25, 0.3) is 0 Å². The molecule has 11 heteroatoms. The van der Waals surface area contributed by atoms with Crippen LogP contribution in [0.1, 0.15) is 287 Å². The van der Waals surface area contributed by atoms with Crippen LogP contribution in [0.15, 0.2) is 91.0 Å². The van der Waals surface area contributed by atoms with Crippen LogP contribution in [0.2, 0.25) is 0 Å². The number of benzene rings is 3. The topological polar surface area (TPSA) is 117 Å². The van der Waals surface area contributed by atoms with Crippen molar-refractivity contribution < 1.29 is 52.2 Å². The van der Waals surface area contributed by atoms with Crippen molar-refractivity contribution in [1.82, 2.24) is 0 Å². The lowest BCUT2D eigenvalue weighted by molar-refractivity contribution is -0.251. The summed E-state index contributed by atoms with van der Waals surface area (Å²) in [7, 11) is 1.57. The molecule has 0 spiro atoms. The number of ether oxygens (including phenoxy) is 9. The summed E-state index contributed by atoms with van der Waals surface area (Å²) in [6.45, 7) is 5.30. The second kappa shape index (κ2) is 50.0. The summed E-state index contributed by atoms with van der Waals surface area (Å²) in [5.74, 6) is -0.519. The summed E-state index contributed by atoms with van der Waals surface area (Å²) in [5.41, 5.74) is 2.92. The molecule has 2 saturated heterocycles. The number of carbonyl (C=O) groups excluding carboxylic acids is 2. The Hall–Kier alpha value is -3.68. The minimum absolute atomic E-state index is 0.0303. The summed E-state index contributed by atoms with van der Waals surface area (Å²) in [6.07, 6.45) is 43.8. The van der Waals surface area contributed by atoms with Gasteiger partial charge in [-0.3, -0.25) is 9.59 Å². The van der Waals surface area contributed by atoms with E-state index in [-0.39, 0.29) is 45.0 Å². The lowest BCUT2D eigenvalue weighted by Gasteiger charge is -2.29.